The number of carbonyl (C=O) groups excluding carboxylic acids is 1. The molecule has 1 aromatic carbocycles. The van der Waals surface area contributed by atoms with E-state index < -0.39 is 6.09 Å². The molecule has 0 N–H and O–H groups in total. The first-order valence-electron chi connectivity index (χ1n) is 5.98. The zero-order valence-electron chi connectivity index (χ0n) is 11.3. The van der Waals surface area contributed by atoms with Crippen LogP contribution >= 0.6 is 0 Å². The van der Waals surface area contributed by atoms with Crippen molar-refractivity contribution in [1.29, 1.82) is 0 Å². The Hall–Kier alpha value is -2.36. The predicted octanol–water partition coefficient (Wildman–Crippen LogP) is 3.12. The summed E-state index contributed by atoms with van der Waals surface area (Å²) in [6, 6.07) is 11.3. The number of hydrogen-bond acceptors (Lipinski definition) is 3. The molecule has 0 fully saturated rings. The molecular weight excluding hydrogens is 240 g/mol. The lowest BCUT2D eigenvalue weighted by atomic mass is 10.1. The van der Waals surface area contributed by atoms with Crippen LogP contribution in [0.15, 0.2) is 42.6 Å². The van der Waals surface area contributed by atoms with Gasteiger partial charge in [0.05, 0.1) is 5.69 Å². The van der Waals surface area contributed by atoms with Gasteiger partial charge in [0.25, 0.3) is 0 Å². The van der Waals surface area contributed by atoms with Gasteiger partial charge in [-0.15, -0.1) is 0 Å². The highest BCUT2D eigenvalue weighted by Gasteiger charge is 2.08. The SMILES string of the molecule is Cc1ccnc(-c2cccc(OC(=O)N(C)C)c2)c1. The van der Waals surface area contributed by atoms with Crippen LogP contribution in [0.25, 0.3) is 11.3 Å². The van der Waals surface area contributed by atoms with Gasteiger partial charge in [0, 0.05) is 25.9 Å². The van der Waals surface area contributed by atoms with Crippen molar-refractivity contribution < 1.29 is 9.53 Å². The Balaban J connectivity index is 2.27. The lowest BCUT2D eigenvalue weighted by Crippen LogP contribution is -2.25. The molecule has 4 heteroatoms. The molecule has 2 rings (SSSR count). The Morgan fingerprint density at radius 2 is 2.00 bits per heavy atom. The highest BCUT2D eigenvalue weighted by molar-refractivity contribution is 5.71. The van der Waals surface area contributed by atoms with E-state index in [-0.39, 0.29) is 0 Å². The van der Waals surface area contributed by atoms with Gasteiger partial charge in [-0.1, -0.05) is 12.1 Å². The molecule has 1 aromatic heterocycles. The number of amides is 1. The average molecular weight is 256 g/mol. The molecule has 0 saturated carbocycles. The fourth-order valence-corrected chi connectivity index (χ4v) is 1.61. The summed E-state index contributed by atoms with van der Waals surface area (Å²) < 4.78 is 5.23. The molecule has 2 aromatic rings. The van der Waals surface area contributed by atoms with Crippen molar-refractivity contribution in [3.05, 3.63) is 48.2 Å². The highest BCUT2D eigenvalue weighted by atomic mass is 16.6. The Kier molecular flexibility index (Phi) is 3.80. The third-order valence-electron chi connectivity index (χ3n) is 2.62. The Morgan fingerprint density at radius 1 is 1.21 bits per heavy atom. The minimum absolute atomic E-state index is 0.394. The third kappa shape index (κ3) is 3.31. The van der Waals surface area contributed by atoms with E-state index in [1.54, 1.807) is 26.4 Å². The summed E-state index contributed by atoms with van der Waals surface area (Å²) in [5.74, 6) is 0.513. The van der Waals surface area contributed by atoms with Crippen molar-refractivity contribution in [1.82, 2.24) is 9.88 Å². The molecule has 4 nitrogen and oxygen atoms in total. The fraction of sp³-hybridized carbons (Fsp3) is 0.200. The largest absolute Gasteiger partial charge is 0.414 e. The molecule has 0 bridgehead atoms. The van der Waals surface area contributed by atoms with Crippen molar-refractivity contribution in [2.45, 2.75) is 6.92 Å². The van der Waals surface area contributed by atoms with Crippen LogP contribution in [0.1, 0.15) is 5.56 Å². The topological polar surface area (TPSA) is 42.4 Å². The fourth-order valence-electron chi connectivity index (χ4n) is 1.61. The van der Waals surface area contributed by atoms with Crippen LogP contribution in [-0.4, -0.2) is 30.1 Å². The smallest absolute Gasteiger partial charge is 0.410 e. The molecule has 1 heterocycles. The second-order valence-electron chi connectivity index (χ2n) is 4.51. The zero-order valence-corrected chi connectivity index (χ0v) is 11.3. The average Bonchev–Trinajstić information content (AvgIpc) is 2.39. The van der Waals surface area contributed by atoms with Crippen LogP contribution in [0.5, 0.6) is 5.75 Å². The van der Waals surface area contributed by atoms with E-state index in [0.29, 0.717) is 5.75 Å². The van der Waals surface area contributed by atoms with Crippen LogP contribution in [-0.2, 0) is 0 Å². The Labute approximate surface area is 112 Å². The first-order valence-corrected chi connectivity index (χ1v) is 5.98. The maximum absolute atomic E-state index is 11.5. The summed E-state index contributed by atoms with van der Waals surface area (Å²) in [4.78, 5) is 17.2. The van der Waals surface area contributed by atoms with Gasteiger partial charge in [-0.05, 0) is 36.8 Å². The number of ether oxygens (including phenoxy) is 1. The molecule has 0 saturated heterocycles. The van der Waals surface area contributed by atoms with Crippen LogP contribution in [0.2, 0.25) is 0 Å². The van der Waals surface area contributed by atoms with Crippen molar-refractivity contribution in [2.24, 2.45) is 0 Å². The summed E-state index contributed by atoms with van der Waals surface area (Å²) in [5.41, 5.74) is 2.93. The van der Waals surface area contributed by atoms with Gasteiger partial charge in [-0.3, -0.25) is 4.98 Å². The summed E-state index contributed by atoms with van der Waals surface area (Å²) in [6.07, 6.45) is 1.37. The number of aryl methyl sites for hydroxylation is 1. The van der Waals surface area contributed by atoms with E-state index in [9.17, 15) is 4.79 Å². The molecule has 0 atom stereocenters. The third-order valence-corrected chi connectivity index (χ3v) is 2.62. The monoisotopic (exact) mass is 256 g/mol. The second-order valence-corrected chi connectivity index (χ2v) is 4.51. The van der Waals surface area contributed by atoms with E-state index in [2.05, 4.69) is 4.98 Å². The van der Waals surface area contributed by atoms with Crippen LogP contribution < -0.4 is 4.74 Å². The van der Waals surface area contributed by atoms with Crippen molar-refractivity contribution >= 4 is 6.09 Å². The van der Waals surface area contributed by atoms with Crippen molar-refractivity contribution in [3.63, 3.8) is 0 Å². The summed E-state index contributed by atoms with van der Waals surface area (Å²) in [7, 11) is 3.29. The lowest BCUT2D eigenvalue weighted by molar-refractivity contribution is 0.172. The van der Waals surface area contributed by atoms with Gasteiger partial charge in [0.1, 0.15) is 5.75 Å². The second kappa shape index (κ2) is 5.52. The standard InChI is InChI=1S/C15H16N2O2/c1-11-7-8-16-14(9-11)12-5-4-6-13(10-12)19-15(18)17(2)3/h4-10H,1-3H3. The van der Waals surface area contributed by atoms with Gasteiger partial charge in [-0.2, -0.15) is 0 Å². The summed E-state index contributed by atoms with van der Waals surface area (Å²) >= 11 is 0. The molecule has 0 aliphatic heterocycles. The molecule has 19 heavy (non-hydrogen) atoms. The number of carbonyl (C=O) groups is 1. The van der Waals surface area contributed by atoms with Gasteiger partial charge >= 0.3 is 6.09 Å². The minimum atomic E-state index is -0.394. The molecule has 0 aliphatic carbocycles. The lowest BCUT2D eigenvalue weighted by Gasteiger charge is -2.11. The van der Waals surface area contributed by atoms with E-state index in [0.717, 1.165) is 16.8 Å². The molecular formula is C15H16N2O2. The molecule has 98 valence electrons. The minimum Gasteiger partial charge on any atom is -0.410 e. The molecule has 0 aliphatic rings. The first-order chi connectivity index (χ1) is 9.06. The van der Waals surface area contributed by atoms with E-state index in [1.807, 2.05) is 37.3 Å². The molecule has 0 radical (unpaired) electrons. The number of nitrogens with zero attached hydrogens (tertiary/aromatic N) is 2. The number of hydrogen-bond donors (Lipinski definition) is 0. The van der Waals surface area contributed by atoms with E-state index >= 15 is 0 Å². The van der Waals surface area contributed by atoms with Gasteiger partial charge in [0.15, 0.2) is 0 Å². The molecule has 1 amide bonds. The molecule has 0 spiro atoms. The van der Waals surface area contributed by atoms with Crippen molar-refractivity contribution in [3.8, 4) is 17.0 Å². The quantitative estimate of drug-likeness (QED) is 0.829. The highest BCUT2D eigenvalue weighted by Crippen LogP contribution is 2.23. The predicted molar refractivity (Wildman–Crippen MR) is 74.1 cm³/mol. The number of aromatic nitrogens is 1. The first kappa shape index (κ1) is 13.1. The van der Waals surface area contributed by atoms with Crippen LogP contribution in [0.4, 0.5) is 4.79 Å². The number of pyridine rings is 1. The maximum atomic E-state index is 11.5. The Morgan fingerprint density at radius 3 is 2.68 bits per heavy atom. The maximum Gasteiger partial charge on any atom is 0.414 e. The normalized spacial score (nSPS) is 10.1. The van der Waals surface area contributed by atoms with E-state index in [1.165, 1.54) is 4.90 Å². The zero-order chi connectivity index (χ0) is 13.8. The Bertz CT molecular complexity index is 594. The van der Waals surface area contributed by atoms with E-state index in [4.69, 9.17) is 4.74 Å². The summed E-state index contributed by atoms with van der Waals surface area (Å²) in [5, 5.41) is 0. The van der Waals surface area contributed by atoms with Crippen LogP contribution in [0.3, 0.4) is 0 Å². The van der Waals surface area contributed by atoms with Crippen molar-refractivity contribution in [2.75, 3.05) is 14.1 Å². The molecule has 0 unspecified atom stereocenters. The van der Waals surface area contributed by atoms with Crippen LogP contribution in [0, 0.1) is 6.92 Å². The van der Waals surface area contributed by atoms with Gasteiger partial charge in [0.2, 0.25) is 0 Å². The van der Waals surface area contributed by atoms with Gasteiger partial charge in [-0.25, -0.2) is 4.79 Å². The summed E-state index contributed by atoms with van der Waals surface area (Å²) in [6.45, 7) is 2.01. The number of benzene rings is 1. The number of rotatable bonds is 2. The van der Waals surface area contributed by atoms with Gasteiger partial charge < -0.3 is 9.64 Å².